The number of carbonyl (C=O) groups excluding carboxylic acids is 1. The van der Waals surface area contributed by atoms with Crippen molar-refractivity contribution in [1.29, 1.82) is 0 Å². The average molecular weight is 320 g/mol. The Bertz CT molecular complexity index is 927. The molecule has 1 unspecified atom stereocenters. The summed E-state index contributed by atoms with van der Waals surface area (Å²) in [4.78, 5) is 12.6. The molecule has 0 spiro atoms. The maximum absolute atomic E-state index is 12.6. The van der Waals surface area contributed by atoms with E-state index in [0.717, 1.165) is 47.0 Å². The summed E-state index contributed by atoms with van der Waals surface area (Å²) in [5.74, 6) is 0.191. The molecule has 0 aliphatic heterocycles. The Balaban J connectivity index is 1.60. The van der Waals surface area contributed by atoms with E-state index in [0.29, 0.717) is 5.76 Å². The van der Waals surface area contributed by atoms with Crippen molar-refractivity contribution >= 4 is 22.6 Å². The van der Waals surface area contributed by atoms with Crippen molar-refractivity contribution in [3.05, 3.63) is 64.9 Å². The van der Waals surface area contributed by atoms with Crippen LogP contribution in [-0.4, -0.2) is 5.91 Å². The lowest BCUT2D eigenvalue weighted by atomic mass is 9.87. The van der Waals surface area contributed by atoms with Crippen LogP contribution in [0.2, 0.25) is 0 Å². The van der Waals surface area contributed by atoms with Crippen LogP contribution in [-0.2, 0) is 6.42 Å². The Morgan fingerprint density at radius 1 is 1.21 bits per heavy atom. The van der Waals surface area contributed by atoms with Crippen molar-refractivity contribution in [3.8, 4) is 0 Å². The van der Waals surface area contributed by atoms with Crippen LogP contribution in [0.25, 0.3) is 11.0 Å². The predicted molar refractivity (Wildman–Crippen MR) is 95.0 cm³/mol. The highest BCUT2D eigenvalue weighted by Crippen LogP contribution is 2.31. The van der Waals surface area contributed by atoms with Gasteiger partial charge in [-0.3, -0.25) is 4.79 Å². The third-order valence-electron chi connectivity index (χ3n) is 4.68. The van der Waals surface area contributed by atoms with Crippen LogP contribution in [0, 0.1) is 6.92 Å². The van der Waals surface area contributed by atoms with Crippen molar-refractivity contribution in [2.45, 2.75) is 32.2 Å². The standard InChI is InChI=1S/C20H20N2O2/c1-12-5-8-18-14(9-12)11-19(24-18)20(23)22-17-4-2-3-13-10-15(21)6-7-16(13)17/h5-11,17H,2-4,21H2,1H3,(H,22,23). The van der Waals surface area contributed by atoms with E-state index in [9.17, 15) is 4.79 Å². The van der Waals surface area contributed by atoms with Gasteiger partial charge in [0.1, 0.15) is 5.58 Å². The molecule has 0 fully saturated rings. The maximum Gasteiger partial charge on any atom is 0.287 e. The summed E-state index contributed by atoms with van der Waals surface area (Å²) in [5.41, 5.74) is 10.9. The highest BCUT2D eigenvalue weighted by Gasteiger charge is 2.23. The number of benzene rings is 2. The van der Waals surface area contributed by atoms with E-state index in [1.807, 2.05) is 49.4 Å². The SMILES string of the molecule is Cc1ccc2oc(C(=O)NC3CCCc4cc(N)ccc43)cc2c1. The van der Waals surface area contributed by atoms with Gasteiger partial charge in [0.25, 0.3) is 5.91 Å². The first-order valence-electron chi connectivity index (χ1n) is 8.29. The number of amides is 1. The molecule has 0 bridgehead atoms. The molecule has 0 saturated carbocycles. The second-order valence-corrected chi connectivity index (χ2v) is 6.53. The minimum atomic E-state index is -0.168. The van der Waals surface area contributed by atoms with Crippen molar-refractivity contribution in [2.24, 2.45) is 0 Å². The summed E-state index contributed by atoms with van der Waals surface area (Å²) >= 11 is 0. The van der Waals surface area contributed by atoms with E-state index >= 15 is 0 Å². The van der Waals surface area contributed by atoms with Crippen molar-refractivity contribution in [3.63, 3.8) is 0 Å². The summed E-state index contributed by atoms with van der Waals surface area (Å²) in [6.07, 6.45) is 2.99. The Morgan fingerprint density at radius 2 is 2.08 bits per heavy atom. The molecule has 1 aliphatic rings. The number of nitrogens with two attached hydrogens (primary N) is 1. The lowest BCUT2D eigenvalue weighted by molar-refractivity contribution is 0.0907. The molecule has 4 heteroatoms. The van der Waals surface area contributed by atoms with E-state index in [-0.39, 0.29) is 11.9 Å². The van der Waals surface area contributed by atoms with Gasteiger partial charge < -0.3 is 15.5 Å². The quantitative estimate of drug-likeness (QED) is 0.698. The number of aryl methyl sites for hydroxylation is 2. The number of furan rings is 1. The zero-order chi connectivity index (χ0) is 16.7. The number of nitrogen functional groups attached to an aromatic ring is 1. The fourth-order valence-electron chi connectivity index (χ4n) is 3.49. The van der Waals surface area contributed by atoms with Crippen LogP contribution < -0.4 is 11.1 Å². The molecule has 0 saturated heterocycles. The van der Waals surface area contributed by atoms with Gasteiger partial charge in [0.05, 0.1) is 6.04 Å². The Labute approximate surface area is 140 Å². The van der Waals surface area contributed by atoms with E-state index in [1.165, 1.54) is 5.56 Å². The number of anilines is 1. The molecule has 0 radical (unpaired) electrons. The largest absolute Gasteiger partial charge is 0.451 e. The number of hydrogen-bond donors (Lipinski definition) is 2. The first-order valence-corrected chi connectivity index (χ1v) is 8.29. The lowest BCUT2D eigenvalue weighted by Gasteiger charge is -2.26. The Kier molecular flexibility index (Phi) is 3.53. The van der Waals surface area contributed by atoms with Gasteiger partial charge in [-0.15, -0.1) is 0 Å². The van der Waals surface area contributed by atoms with E-state index < -0.39 is 0 Å². The topological polar surface area (TPSA) is 68.3 Å². The van der Waals surface area contributed by atoms with E-state index in [4.69, 9.17) is 10.2 Å². The van der Waals surface area contributed by atoms with Gasteiger partial charge in [0.15, 0.2) is 5.76 Å². The minimum absolute atomic E-state index is 0.0109. The average Bonchev–Trinajstić information content (AvgIpc) is 2.98. The Morgan fingerprint density at radius 3 is 2.96 bits per heavy atom. The smallest absolute Gasteiger partial charge is 0.287 e. The molecule has 4 rings (SSSR count). The van der Waals surface area contributed by atoms with Crippen molar-refractivity contribution < 1.29 is 9.21 Å². The zero-order valence-electron chi connectivity index (χ0n) is 13.6. The third kappa shape index (κ3) is 2.64. The number of rotatable bonds is 2. The normalized spacial score (nSPS) is 16.8. The first-order chi connectivity index (χ1) is 11.6. The first kappa shape index (κ1) is 14.8. The van der Waals surface area contributed by atoms with Gasteiger partial charge in [0.2, 0.25) is 0 Å². The highest BCUT2D eigenvalue weighted by molar-refractivity contribution is 5.96. The maximum atomic E-state index is 12.6. The number of nitrogens with one attached hydrogen (secondary N) is 1. The zero-order valence-corrected chi connectivity index (χ0v) is 13.6. The highest BCUT2D eigenvalue weighted by atomic mass is 16.3. The lowest BCUT2D eigenvalue weighted by Crippen LogP contribution is -2.30. The fraction of sp³-hybridized carbons (Fsp3) is 0.250. The molecule has 1 heterocycles. The van der Waals surface area contributed by atoms with Crippen LogP contribution in [0.15, 0.2) is 46.9 Å². The summed E-state index contributed by atoms with van der Waals surface area (Å²) < 4.78 is 5.70. The fourth-order valence-corrected chi connectivity index (χ4v) is 3.49. The molecule has 3 aromatic rings. The molecular formula is C20H20N2O2. The van der Waals surface area contributed by atoms with E-state index in [1.54, 1.807) is 0 Å². The van der Waals surface area contributed by atoms with Crippen LogP contribution in [0.4, 0.5) is 5.69 Å². The summed E-state index contributed by atoms with van der Waals surface area (Å²) in [6, 6.07) is 13.7. The van der Waals surface area contributed by atoms with Gasteiger partial charge in [-0.05, 0) is 67.6 Å². The molecule has 1 atom stereocenters. The summed E-state index contributed by atoms with van der Waals surface area (Å²) in [6.45, 7) is 2.02. The van der Waals surface area contributed by atoms with Crippen LogP contribution in [0.5, 0.6) is 0 Å². The monoisotopic (exact) mass is 320 g/mol. The van der Waals surface area contributed by atoms with Gasteiger partial charge in [-0.1, -0.05) is 17.7 Å². The van der Waals surface area contributed by atoms with Crippen molar-refractivity contribution in [2.75, 3.05) is 5.73 Å². The van der Waals surface area contributed by atoms with Gasteiger partial charge in [-0.2, -0.15) is 0 Å². The molecule has 24 heavy (non-hydrogen) atoms. The van der Waals surface area contributed by atoms with E-state index in [2.05, 4.69) is 5.32 Å². The Hall–Kier alpha value is -2.75. The number of fused-ring (bicyclic) bond motifs is 2. The van der Waals surface area contributed by atoms with Crippen LogP contribution in [0.1, 0.15) is 46.1 Å². The molecule has 1 amide bonds. The molecule has 3 N–H and O–H groups in total. The predicted octanol–water partition coefficient (Wildman–Crippen LogP) is 4.13. The third-order valence-corrected chi connectivity index (χ3v) is 4.68. The molecular weight excluding hydrogens is 300 g/mol. The molecule has 2 aromatic carbocycles. The molecule has 1 aliphatic carbocycles. The molecule has 122 valence electrons. The minimum Gasteiger partial charge on any atom is -0.451 e. The second kappa shape index (κ2) is 5.71. The van der Waals surface area contributed by atoms with Gasteiger partial charge >= 0.3 is 0 Å². The van der Waals surface area contributed by atoms with Crippen LogP contribution in [0.3, 0.4) is 0 Å². The molecule has 1 aromatic heterocycles. The summed E-state index contributed by atoms with van der Waals surface area (Å²) in [7, 11) is 0. The van der Waals surface area contributed by atoms with Crippen LogP contribution >= 0.6 is 0 Å². The molecule has 4 nitrogen and oxygen atoms in total. The number of hydrogen-bond acceptors (Lipinski definition) is 3. The van der Waals surface area contributed by atoms with Crippen molar-refractivity contribution in [1.82, 2.24) is 5.32 Å². The summed E-state index contributed by atoms with van der Waals surface area (Å²) in [5, 5.41) is 4.07. The second-order valence-electron chi connectivity index (χ2n) is 6.53. The van der Waals surface area contributed by atoms with Gasteiger partial charge in [-0.25, -0.2) is 0 Å². The van der Waals surface area contributed by atoms with Gasteiger partial charge in [0, 0.05) is 11.1 Å². The number of carbonyl (C=O) groups is 1.